The highest BCUT2D eigenvalue weighted by atomic mass is 19.1. The number of aliphatic hydroxyl groups excluding tert-OH is 1. The molecule has 0 fully saturated rings. The van der Waals surface area contributed by atoms with Crippen LogP contribution in [0.3, 0.4) is 0 Å². The molecule has 0 saturated carbocycles. The Labute approximate surface area is 88.6 Å². The smallest absolute Gasteiger partial charge is 0.123 e. The monoisotopic (exact) mass is 204 g/mol. The van der Waals surface area contributed by atoms with Crippen LogP contribution in [0.2, 0.25) is 0 Å². The van der Waals surface area contributed by atoms with E-state index >= 15 is 0 Å². The van der Waals surface area contributed by atoms with Gasteiger partial charge in [0.2, 0.25) is 0 Å². The Bertz CT molecular complexity index is 392. The molecule has 78 valence electrons. The summed E-state index contributed by atoms with van der Waals surface area (Å²) >= 11 is 0. The molecule has 15 heavy (non-hydrogen) atoms. The summed E-state index contributed by atoms with van der Waals surface area (Å²) in [5.74, 6) is -0.248. The standard InChI is InChI=1S/C13H13FO/c14-12-6-4-11(5-7-12)13(10-15)8-2-1-3-9-13/h1-8,15H,9-10H2/t13-/m0/s1. The van der Waals surface area contributed by atoms with E-state index in [1.54, 1.807) is 12.1 Å². The normalized spacial score (nSPS) is 24.4. The average molecular weight is 204 g/mol. The van der Waals surface area contributed by atoms with Crippen molar-refractivity contribution in [2.45, 2.75) is 11.8 Å². The Morgan fingerprint density at radius 2 is 1.93 bits per heavy atom. The molecule has 0 heterocycles. The van der Waals surface area contributed by atoms with Crippen LogP contribution in [0.25, 0.3) is 0 Å². The van der Waals surface area contributed by atoms with Crippen molar-refractivity contribution in [1.82, 2.24) is 0 Å². The third-order valence-electron chi connectivity index (χ3n) is 2.85. The lowest BCUT2D eigenvalue weighted by molar-refractivity contribution is 0.225. The van der Waals surface area contributed by atoms with Crippen molar-refractivity contribution in [2.75, 3.05) is 6.61 Å². The number of halogens is 1. The first kappa shape index (κ1) is 10.1. The third kappa shape index (κ3) is 1.85. The number of aliphatic hydroxyl groups is 1. The van der Waals surface area contributed by atoms with Gasteiger partial charge in [0.15, 0.2) is 0 Å². The maximum atomic E-state index is 12.8. The summed E-state index contributed by atoms with van der Waals surface area (Å²) in [6.45, 7) is 0.0411. The molecule has 2 heteroatoms. The van der Waals surface area contributed by atoms with Gasteiger partial charge in [-0.1, -0.05) is 36.4 Å². The summed E-state index contributed by atoms with van der Waals surface area (Å²) in [4.78, 5) is 0. The zero-order valence-electron chi connectivity index (χ0n) is 8.36. The van der Waals surface area contributed by atoms with Crippen LogP contribution in [-0.2, 0) is 5.41 Å². The summed E-state index contributed by atoms with van der Waals surface area (Å²) in [5, 5.41) is 9.49. The number of benzene rings is 1. The molecule has 0 saturated heterocycles. The summed E-state index contributed by atoms with van der Waals surface area (Å²) in [6.07, 6.45) is 8.62. The molecule has 1 aliphatic rings. The van der Waals surface area contributed by atoms with Crippen LogP contribution in [0.5, 0.6) is 0 Å². The molecule has 0 amide bonds. The molecule has 1 aliphatic carbocycles. The summed E-state index contributed by atoms with van der Waals surface area (Å²) in [7, 11) is 0. The predicted molar refractivity (Wildman–Crippen MR) is 58.1 cm³/mol. The second-order valence-electron chi connectivity index (χ2n) is 3.81. The van der Waals surface area contributed by atoms with E-state index in [0.717, 1.165) is 12.0 Å². The van der Waals surface area contributed by atoms with E-state index < -0.39 is 0 Å². The number of hydrogen-bond donors (Lipinski definition) is 1. The molecule has 1 N–H and O–H groups in total. The molecule has 2 rings (SSSR count). The van der Waals surface area contributed by atoms with Crippen molar-refractivity contribution in [1.29, 1.82) is 0 Å². The van der Waals surface area contributed by atoms with Crippen LogP contribution in [-0.4, -0.2) is 11.7 Å². The van der Waals surface area contributed by atoms with E-state index in [0.29, 0.717) is 0 Å². The van der Waals surface area contributed by atoms with Crippen LogP contribution >= 0.6 is 0 Å². The van der Waals surface area contributed by atoms with E-state index in [9.17, 15) is 9.50 Å². The van der Waals surface area contributed by atoms with Gasteiger partial charge in [-0.05, 0) is 24.1 Å². The fourth-order valence-corrected chi connectivity index (χ4v) is 1.87. The SMILES string of the molecule is OC[C@]1(c2ccc(F)cc2)C=CC=CC1. The van der Waals surface area contributed by atoms with Gasteiger partial charge in [-0.3, -0.25) is 0 Å². The lowest BCUT2D eigenvalue weighted by Crippen LogP contribution is -2.28. The Morgan fingerprint density at radius 1 is 1.20 bits per heavy atom. The van der Waals surface area contributed by atoms with Gasteiger partial charge in [0.05, 0.1) is 6.61 Å². The van der Waals surface area contributed by atoms with Gasteiger partial charge in [0, 0.05) is 5.41 Å². The van der Waals surface area contributed by atoms with E-state index in [1.807, 2.05) is 24.3 Å². The molecule has 1 aromatic carbocycles. The first-order valence-electron chi connectivity index (χ1n) is 4.98. The number of allylic oxidation sites excluding steroid dienone is 3. The second kappa shape index (κ2) is 3.99. The molecule has 1 nitrogen and oxygen atoms in total. The lowest BCUT2D eigenvalue weighted by Gasteiger charge is -2.29. The molecule has 0 unspecified atom stereocenters. The quantitative estimate of drug-likeness (QED) is 0.785. The molecule has 0 aliphatic heterocycles. The van der Waals surface area contributed by atoms with Gasteiger partial charge < -0.3 is 5.11 Å². The highest BCUT2D eigenvalue weighted by Crippen LogP contribution is 2.32. The highest BCUT2D eigenvalue weighted by molar-refractivity contribution is 5.35. The predicted octanol–water partition coefficient (Wildman–Crippen LogP) is 2.57. The van der Waals surface area contributed by atoms with Crippen molar-refractivity contribution in [2.24, 2.45) is 0 Å². The van der Waals surface area contributed by atoms with Crippen molar-refractivity contribution in [3.05, 3.63) is 60.0 Å². The zero-order chi connectivity index (χ0) is 10.7. The summed E-state index contributed by atoms with van der Waals surface area (Å²) in [5.41, 5.74) is 0.578. The van der Waals surface area contributed by atoms with Gasteiger partial charge in [0.1, 0.15) is 5.82 Å². The number of rotatable bonds is 2. The lowest BCUT2D eigenvalue weighted by atomic mass is 9.76. The minimum absolute atomic E-state index is 0.0411. The molecular weight excluding hydrogens is 191 g/mol. The Kier molecular flexibility index (Phi) is 2.69. The Hall–Kier alpha value is -1.41. The van der Waals surface area contributed by atoms with Crippen LogP contribution in [0, 0.1) is 5.82 Å². The largest absolute Gasteiger partial charge is 0.395 e. The van der Waals surface area contributed by atoms with Gasteiger partial charge in [0.25, 0.3) is 0 Å². The molecule has 0 radical (unpaired) electrons. The molecule has 1 atom stereocenters. The minimum Gasteiger partial charge on any atom is -0.395 e. The first-order valence-corrected chi connectivity index (χ1v) is 4.98. The van der Waals surface area contributed by atoms with Crippen LogP contribution in [0.4, 0.5) is 4.39 Å². The minimum atomic E-state index is -0.373. The zero-order valence-corrected chi connectivity index (χ0v) is 8.36. The fourth-order valence-electron chi connectivity index (χ4n) is 1.87. The van der Waals surface area contributed by atoms with Crippen LogP contribution in [0.15, 0.2) is 48.6 Å². The number of hydrogen-bond acceptors (Lipinski definition) is 1. The van der Waals surface area contributed by atoms with Crippen molar-refractivity contribution in [3.63, 3.8) is 0 Å². The average Bonchev–Trinajstić information content (AvgIpc) is 2.31. The van der Waals surface area contributed by atoms with E-state index in [-0.39, 0.29) is 17.8 Å². The van der Waals surface area contributed by atoms with Gasteiger partial charge in [-0.15, -0.1) is 0 Å². The van der Waals surface area contributed by atoms with Crippen LogP contribution in [0.1, 0.15) is 12.0 Å². The van der Waals surface area contributed by atoms with Crippen molar-refractivity contribution >= 4 is 0 Å². The summed E-state index contributed by atoms with van der Waals surface area (Å²) in [6, 6.07) is 6.32. The van der Waals surface area contributed by atoms with Crippen molar-refractivity contribution in [3.8, 4) is 0 Å². The highest BCUT2D eigenvalue weighted by Gasteiger charge is 2.28. The van der Waals surface area contributed by atoms with Gasteiger partial charge in [-0.25, -0.2) is 4.39 Å². The maximum absolute atomic E-state index is 12.8. The third-order valence-corrected chi connectivity index (χ3v) is 2.85. The van der Waals surface area contributed by atoms with Crippen LogP contribution < -0.4 is 0 Å². The molecular formula is C13H13FO. The van der Waals surface area contributed by atoms with Gasteiger partial charge >= 0.3 is 0 Å². The van der Waals surface area contributed by atoms with E-state index in [1.165, 1.54) is 12.1 Å². The van der Waals surface area contributed by atoms with E-state index in [2.05, 4.69) is 0 Å². The fraction of sp³-hybridized carbons (Fsp3) is 0.231. The Morgan fingerprint density at radius 3 is 2.47 bits per heavy atom. The summed E-state index contributed by atoms with van der Waals surface area (Å²) < 4.78 is 12.8. The molecule has 0 bridgehead atoms. The second-order valence-corrected chi connectivity index (χ2v) is 3.81. The first-order chi connectivity index (χ1) is 7.27. The Balaban J connectivity index is 2.38. The van der Waals surface area contributed by atoms with E-state index in [4.69, 9.17) is 0 Å². The van der Waals surface area contributed by atoms with Crippen molar-refractivity contribution < 1.29 is 9.50 Å². The molecule has 0 spiro atoms. The molecule has 0 aromatic heterocycles. The van der Waals surface area contributed by atoms with Gasteiger partial charge in [-0.2, -0.15) is 0 Å². The topological polar surface area (TPSA) is 20.2 Å². The maximum Gasteiger partial charge on any atom is 0.123 e. The molecule has 1 aromatic rings.